The molecule has 2 aliphatic rings. The number of piperidine rings is 1. The molecule has 1 amide bonds. The Labute approximate surface area is 140 Å². The highest BCUT2D eigenvalue weighted by Gasteiger charge is 2.47. The Morgan fingerprint density at radius 3 is 2.71 bits per heavy atom. The standard InChI is InChI=1S/C16H24F2N4O2/c1-2-21-8-5-14(19-21)15(24)20-6-3-12(4-7-20)22-11-16(17,18)9-13(22)10-23/h5,8,12-13,23H,2-4,6-7,9-11H2,1H3/t13-/m0/s1. The summed E-state index contributed by atoms with van der Waals surface area (Å²) in [7, 11) is 0. The van der Waals surface area contributed by atoms with Crippen molar-refractivity contribution >= 4 is 5.91 Å². The maximum atomic E-state index is 13.6. The van der Waals surface area contributed by atoms with Gasteiger partial charge in [0.15, 0.2) is 0 Å². The van der Waals surface area contributed by atoms with Crippen molar-refractivity contribution in [1.29, 1.82) is 0 Å². The maximum absolute atomic E-state index is 13.6. The summed E-state index contributed by atoms with van der Waals surface area (Å²) in [5.74, 6) is -2.83. The molecule has 0 bridgehead atoms. The highest BCUT2D eigenvalue weighted by Crippen LogP contribution is 2.35. The molecule has 8 heteroatoms. The van der Waals surface area contributed by atoms with Gasteiger partial charge in [0, 0.05) is 44.3 Å². The molecule has 1 aromatic heterocycles. The van der Waals surface area contributed by atoms with Crippen LogP contribution in [0.2, 0.25) is 0 Å². The highest BCUT2D eigenvalue weighted by atomic mass is 19.3. The molecule has 2 aliphatic heterocycles. The molecule has 134 valence electrons. The fraction of sp³-hybridized carbons (Fsp3) is 0.750. The van der Waals surface area contributed by atoms with E-state index in [4.69, 9.17) is 0 Å². The van der Waals surface area contributed by atoms with Crippen molar-refractivity contribution < 1.29 is 18.7 Å². The van der Waals surface area contributed by atoms with Gasteiger partial charge in [-0.1, -0.05) is 0 Å². The number of carbonyl (C=O) groups is 1. The number of alkyl halides is 2. The first kappa shape index (κ1) is 17.3. The van der Waals surface area contributed by atoms with Gasteiger partial charge in [0.25, 0.3) is 11.8 Å². The van der Waals surface area contributed by atoms with Gasteiger partial charge in [0.1, 0.15) is 5.69 Å². The molecule has 1 atom stereocenters. The van der Waals surface area contributed by atoms with Gasteiger partial charge in [-0.25, -0.2) is 8.78 Å². The predicted molar refractivity (Wildman–Crippen MR) is 84.0 cm³/mol. The van der Waals surface area contributed by atoms with Crippen LogP contribution < -0.4 is 0 Å². The third kappa shape index (κ3) is 3.44. The SMILES string of the molecule is CCn1ccc(C(=O)N2CCC(N3CC(F)(F)C[C@H]3CO)CC2)n1. The van der Waals surface area contributed by atoms with E-state index in [9.17, 15) is 18.7 Å². The highest BCUT2D eigenvalue weighted by molar-refractivity contribution is 5.92. The predicted octanol–water partition coefficient (Wildman–Crippen LogP) is 1.21. The molecule has 1 aromatic rings. The number of hydrogen-bond donors (Lipinski definition) is 1. The van der Waals surface area contributed by atoms with Crippen molar-refractivity contribution in [2.45, 2.75) is 50.7 Å². The van der Waals surface area contributed by atoms with Gasteiger partial charge in [0.2, 0.25) is 0 Å². The maximum Gasteiger partial charge on any atom is 0.274 e. The Morgan fingerprint density at radius 2 is 2.12 bits per heavy atom. The number of aryl methyl sites for hydroxylation is 1. The van der Waals surface area contributed by atoms with Gasteiger partial charge in [-0.3, -0.25) is 14.4 Å². The second-order valence-corrected chi connectivity index (χ2v) is 6.65. The van der Waals surface area contributed by atoms with Gasteiger partial charge >= 0.3 is 0 Å². The largest absolute Gasteiger partial charge is 0.395 e. The van der Waals surface area contributed by atoms with E-state index in [2.05, 4.69) is 5.10 Å². The number of halogens is 2. The fourth-order valence-electron chi connectivity index (χ4n) is 3.73. The average Bonchev–Trinajstić information content (AvgIpc) is 3.18. The van der Waals surface area contributed by atoms with E-state index < -0.39 is 12.0 Å². The molecule has 0 aliphatic carbocycles. The summed E-state index contributed by atoms with van der Waals surface area (Å²) in [6, 6.07) is 1.22. The molecular weight excluding hydrogens is 318 g/mol. The van der Waals surface area contributed by atoms with Crippen LogP contribution in [0.1, 0.15) is 36.7 Å². The Balaban J connectivity index is 1.58. The van der Waals surface area contributed by atoms with E-state index in [-0.39, 0.29) is 31.5 Å². The van der Waals surface area contributed by atoms with Crippen LogP contribution in [-0.2, 0) is 6.54 Å². The summed E-state index contributed by atoms with van der Waals surface area (Å²) in [5, 5.41) is 13.6. The quantitative estimate of drug-likeness (QED) is 0.893. The van der Waals surface area contributed by atoms with Crippen LogP contribution in [0.5, 0.6) is 0 Å². The molecular formula is C16H24F2N4O2. The number of hydrogen-bond acceptors (Lipinski definition) is 4. The molecule has 0 saturated carbocycles. The average molecular weight is 342 g/mol. The van der Waals surface area contributed by atoms with E-state index in [1.54, 1.807) is 26.7 Å². The second kappa shape index (κ2) is 6.76. The number of likely N-dealkylation sites (tertiary alicyclic amines) is 2. The van der Waals surface area contributed by atoms with E-state index >= 15 is 0 Å². The lowest BCUT2D eigenvalue weighted by atomic mass is 10.0. The number of nitrogens with zero attached hydrogens (tertiary/aromatic N) is 4. The van der Waals surface area contributed by atoms with Gasteiger partial charge < -0.3 is 10.0 Å². The van der Waals surface area contributed by atoms with Crippen LogP contribution in [0.3, 0.4) is 0 Å². The van der Waals surface area contributed by atoms with Gasteiger partial charge in [0.05, 0.1) is 13.2 Å². The number of rotatable bonds is 4. The van der Waals surface area contributed by atoms with E-state index in [0.29, 0.717) is 38.2 Å². The minimum absolute atomic E-state index is 0.00669. The van der Waals surface area contributed by atoms with Crippen molar-refractivity contribution in [3.8, 4) is 0 Å². The Morgan fingerprint density at radius 1 is 1.42 bits per heavy atom. The first-order valence-corrected chi connectivity index (χ1v) is 8.50. The van der Waals surface area contributed by atoms with Crippen LogP contribution in [-0.4, -0.2) is 74.8 Å². The van der Waals surface area contributed by atoms with E-state index in [1.807, 2.05) is 6.92 Å². The monoisotopic (exact) mass is 342 g/mol. The van der Waals surface area contributed by atoms with E-state index in [0.717, 1.165) is 0 Å². The normalized spacial score (nSPS) is 25.3. The topological polar surface area (TPSA) is 61.6 Å². The Kier molecular flexibility index (Phi) is 4.87. The summed E-state index contributed by atoms with van der Waals surface area (Å²) >= 11 is 0. The third-order valence-electron chi connectivity index (χ3n) is 5.03. The molecule has 1 N–H and O–H groups in total. The first-order chi connectivity index (χ1) is 11.4. The molecule has 24 heavy (non-hydrogen) atoms. The molecule has 0 unspecified atom stereocenters. The van der Waals surface area contributed by atoms with E-state index in [1.165, 1.54) is 0 Å². The fourth-order valence-corrected chi connectivity index (χ4v) is 3.73. The summed E-state index contributed by atoms with van der Waals surface area (Å²) in [6.45, 7) is 3.18. The number of aliphatic hydroxyl groups excluding tert-OH is 1. The first-order valence-electron chi connectivity index (χ1n) is 8.50. The molecule has 0 aromatic carbocycles. The third-order valence-corrected chi connectivity index (χ3v) is 5.03. The minimum atomic E-state index is -2.73. The zero-order valence-electron chi connectivity index (χ0n) is 13.9. The summed E-state index contributed by atoms with van der Waals surface area (Å²) in [5.41, 5.74) is 0.427. The molecule has 3 heterocycles. The second-order valence-electron chi connectivity index (χ2n) is 6.65. The zero-order valence-corrected chi connectivity index (χ0v) is 13.9. The van der Waals surface area contributed by atoms with Crippen molar-refractivity contribution in [1.82, 2.24) is 19.6 Å². The number of carbonyl (C=O) groups excluding carboxylic acids is 1. The van der Waals surface area contributed by atoms with Gasteiger partial charge in [-0.2, -0.15) is 5.10 Å². The van der Waals surface area contributed by atoms with Crippen LogP contribution >= 0.6 is 0 Å². The lowest BCUT2D eigenvalue weighted by molar-refractivity contribution is 0.00294. The Bertz CT molecular complexity index is 584. The van der Waals surface area contributed by atoms with Crippen LogP contribution in [0.15, 0.2) is 12.3 Å². The summed E-state index contributed by atoms with van der Waals surface area (Å²) in [6.07, 6.45) is 2.79. The zero-order chi connectivity index (χ0) is 17.3. The van der Waals surface area contributed by atoms with Gasteiger partial charge in [-0.05, 0) is 25.8 Å². The lowest BCUT2D eigenvalue weighted by Gasteiger charge is -2.38. The molecule has 2 fully saturated rings. The summed E-state index contributed by atoms with van der Waals surface area (Å²) < 4.78 is 28.9. The number of amides is 1. The van der Waals surface area contributed by atoms with Crippen molar-refractivity contribution in [3.63, 3.8) is 0 Å². The minimum Gasteiger partial charge on any atom is -0.395 e. The summed E-state index contributed by atoms with van der Waals surface area (Å²) in [4.78, 5) is 15.9. The van der Waals surface area contributed by atoms with Crippen LogP contribution in [0.25, 0.3) is 0 Å². The Hall–Kier alpha value is -1.54. The van der Waals surface area contributed by atoms with Gasteiger partial charge in [-0.15, -0.1) is 0 Å². The molecule has 2 saturated heterocycles. The van der Waals surface area contributed by atoms with Crippen molar-refractivity contribution in [2.24, 2.45) is 0 Å². The number of aromatic nitrogens is 2. The number of aliphatic hydroxyl groups is 1. The molecule has 0 spiro atoms. The molecule has 3 rings (SSSR count). The van der Waals surface area contributed by atoms with Crippen LogP contribution in [0, 0.1) is 0 Å². The molecule has 6 nitrogen and oxygen atoms in total. The molecule has 0 radical (unpaired) electrons. The smallest absolute Gasteiger partial charge is 0.274 e. The van der Waals surface area contributed by atoms with Crippen LogP contribution in [0.4, 0.5) is 8.78 Å². The van der Waals surface area contributed by atoms with Crippen molar-refractivity contribution in [2.75, 3.05) is 26.2 Å². The lowest BCUT2D eigenvalue weighted by Crippen LogP contribution is -2.49. The van der Waals surface area contributed by atoms with Crippen molar-refractivity contribution in [3.05, 3.63) is 18.0 Å².